The molecular formula is C11H11BrOS. The van der Waals surface area contributed by atoms with E-state index in [-0.39, 0.29) is 0 Å². The maximum atomic E-state index is 5.39. The zero-order valence-electron chi connectivity index (χ0n) is 8.13. The number of benzene rings is 1. The van der Waals surface area contributed by atoms with Crippen molar-refractivity contribution in [2.24, 2.45) is 0 Å². The first-order chi connectivity index (χ1) is 6.77. The summed E-state index contributed by atoms with van der Waals surface area (Å²) in [5.41, 5.74) is 1.33. The molecule has 0 spiro atoms. The Balaban J connectivity index is 2.79. The minimum atomic E-state index is 0.896. The number of hydrogen-bond acceptors (Lipinski definition) is 2. The van der Waals surface area contributed by atoms with Crippen LogP contribution in [0.25, 0.3) is 10.1 Å². The molecule has 0 saturated heterocycles. The molecule has 0 aliphatic heterocycles. The van der Waals surface area contributed by atoms with Gasteiger partial charge in [-0.15, -0.1) is 11.3 Å². The number of thiophene rings is 1. The van der Waals surface area contributed by atoms with Gasteiger partial charge in [-0.05, 0) is 18.6 Å². The number of alkyl halides is 1. The number of methoxy groups -OCH3 is 1. The van der Waals surface area contributed by atoms with Crippen molar-refractivity contribution < 1.29 is 4.74 Å². The molecule has 0 aliphatic rings. The van der Waals surface area contributed by atoms with Gasteiger partial charge in [0.2, 0.25) is 0 Å². The van der Waals surface area contributed by atoms with E-state index in [1.54, 1.807) is 18.4 Å². The van der Waals surface area contributed by atoms with Crippen LogP contribution in [0.15, 0.2) is 18.2 Å². The van der Waals surface area contributed by atoms with Crippen LogP contribution in [0.1, 0.15) is 10.4 Å². The molecule has 0 bridgehead atoms. The monoisotopic (exact) mass is 270 g/mol. The summed E-state index contributed by atoms with van der Waals surface area (Å²) in [6.07, 6.45) is 0. The second-order valence-corrected chi connectivity index (χ2v) is 4.90. The van der Waals surface area contributed by atoms with Gasteiger partial charge in [-0.1, -0.05) is 28.1 Å². The fourth-order valence-corrected chi connectivity index (χ4v) is 3.42. The third-order valence-electron chi connectivity index (χ3n) is 2.26. The van der Waals surface area contributed by atoms with Gasteiger partial charge in [-0.25, -0.2) is 0 Å². The Kier molecular flexibility index (Phi) is 2.79. The lowest BCUT2D eigenvalue weighted by molar-refractivity contribution is 0.418. The van der Waals surface area contributed by atoms with Gasteiger partial charge in [0.05, 0.1) is 7.11 Å². The molecule has 3 heteroatoms. The fourth-order valence-electron chi connectivity index (χ4n) is 1.63. The van der Waals surface area contributed by atoms with Gasteiger partial charge < -0.3 is 4.74 Å². The van der Waals surface area contributed by atoms with Gasteiger partial charge in [-0.2, -0.15) is 0 Å². The third-order valence-corrected chi connectivity index (χ3v) is 4.05. The van der Waals surface area contributed by atoms with Crippen LogP contribution < -0.4 is 4.74 Å². The first-order valence-electron chi connectivity index (χ1n) is 4.39. The normalized spacial score (nSPS) is 10.8. The number of halogens is 1. The van der Waals surface area contributed by atoms with Gasteiger partial charge in [0.25, 0.3) is 0 Å². The highest BCUT2D eigenvalue weighted by Gasteiger charge is 2.11. The smallest absolute Gasteiger partial charge is 0.140 e. The Morgan fingerprint density at radius 2 is 2.21 bits per heavy atom. The first kappa shape index (κ1) is 9.99. The predicted octanol–water partition coefficient (Wildman–Crippen LogP) is 4.11. The summed E-state index contributed by atoms with van der Waals surface area (Å²) in [4.78, 5) is 1.25. The van der Waals surface area contributed by atoms with Crippen molar-refractivity contribution in [3.8, 4) is 5.75 Å². The molecule has 1 heterocycles. The maximum Gasteiger partial charge on any atom is 0.140 e. The topological polar surface area (TPSA) is 9.23 Å². The Morgan fingerprint density at radius 3 is 2.86 bits per heavy atom. The molecule has 1 aromatic carbocycles. The summed E-state index contributed by atoms with van der Waals surface area (Å²) in [5.74, 6) is 1.02. The largest absolute Gasteiger partial charge is 0.495 e. The van der Waals surface area contributed by atoms with Crippen molar-refractivity contribution >= 4 is 37.4 Å². The Labute approximate surface area is 95.8 Å². The Bertz CT molecular complexity index is 462. The van der Waals surface area contributed by atoms with Crippen molar-refractivity contribution in [2.45, 2.75) is 12.3 Å². The molecule has 1 nitrogen and oxygen atoms in total. The van der Waals surface area contributed by atoms with Crippen LogP contribution in [0.3, 0.4) is 0 Å². The molecule has 0 fully saturated rings. The van der Waals surface area contributed by atoms with E-state index in [0.29, 0.717) is 0 Å². The summed E-state index contributed by atoms with van der Waals surface area (Å²) in [7, 11) is 1.73. The molecular weight excluding hydrogens is 260 g/mol. The average Bonchev–Trinajstić information content (AvgIpc) is 2.52. The van der Waals surface area contributed by atoms with Crippen LogP contribution in [0.5, 0.6) is 5.75 Å². The van der Waals surface area contributed by atoms with E-state index < -0.39 is 0 Å². The Hall–Kier alpha value is -0.540. The molecule has 74 valence electrons. The number of aryl methyl sites for hydroxylation is 1. The highest BCUT2D eigenvalue weighted by atomic mass is 79.9. The van der Waals surface area contributed by atoms with Crippen LogP contribution in [0.4, 0.5) is 0 Å². The van der Waals surface area contributed by atoms with Crippen molar-refractivity contribution in [2.75, 3.05) is 7.11 Å². The van der Waals surface area contributed by atoms with Crippen LogP contribution >= 0.6 is 27.3 Å². The fraction of sp³-hybridized carbons (Fsp3) is 0.273. The lowest BCUT2D eigenvalue weighted by Crippen LogP contribution is -1.82. The standard InChI is InChI=1S/C11H11BrOS/c1-7-10(13-2)9-5-3-4-8(6-12)11(9)14-7/h3-5H,6H2,1-2H3. The van der Waals surface area contributed by atoms with Gasteiger partial charge in [-0.3, -0.25) is 0 Å². The van der Waals surface area contributed by atoms with E-state index in [0.717, 1.165) is 11.1 Å². The number of rotatable bonds is 2. The molecule has 2 aromatic rings. The summed E-state index contributed by atoms with van der Waals surface area (Å²) in [6, 6.07) is 6.34. The highest BCUT2D eigenvalue weighted by Crippen LogP contribution is 2.39. The maximum absolute atomic E-state index is 5.39. The molecule has 1 aromatic heterocycles. The van der Waals surface area contributed by atoms with E-state index in [4.69, 9.17) is 4.74 Å². The van der Waals surface area contributed by atoms with E-state index in [1.165, 1.54) is 20.5 Å². The molecule has 0 saturated carbocycles. The number of fused-ring (bicyclic) bond motifs is 1. The van der Waals surface area contributed by atoms with Crippen LogP contribution in [0.2, 0.25) is 0 Å². The summed E-state index contributed by atoms with van der Waals surface area (Å²) < 4.78 is 6.73. The average molecular weight is 271 g/mol. The third kappa shape index (κ3) is 1.44. The SMILES string of the molecule is COc1c(C)sc2c(CBr)cccc12. The van der Waals surface area contributed by atoms with Gasteiger partial charge in [0.15, 0.2) is 0 Å². The van der Waals surface area contributed by atoms with E-state index in [9.17, 15) is 0 Å². The second kappa shape index (κ2) is 3.91. The van der Waals surface area contributed by atoms with E-state index >= 15 is 0 Å². The minimum Gasteiger partial charge on any atom is -0.495 e. The van der Waals surface area contributed by atoms with E-state index in [1.807, 2.05) is 0 Å². The van der Waals surface area contributed by atoms with Crippen LogP contribution in [-0.4, -0.2) is 7.11 Å². The summed E-state index contributed by atoms with van der Waals surface area (Å²) in [6.45, 7) is 2.10. The first-order valence-corrected chi connectivity index (χ1v) is 6.32. The zero-order valence-corrected chi connectivity index (χ0v) is 10.5. The molecule has 0 unspecified atom stereocenters. The lowest BCUT2D eigenvalue weighted by Gasteiger charge is -1.99. The highest BCUT2D eigenvalue weighted by molar-refractivity contribution is 9.08. The second-order valence-electron chi connectivity index (χ2n) is 3.12. The molecule has 0 atom stereocenters. The van der Waals surface area contributed by atoms with Crippen molar-refractivity contribution in [3.63, 3.8) is 0 Å². The van der Waals surface area contributed by atoms with Crippen molar-refractivity contribution in [1.29, 1.82) is 0 Å². The lowest BCUT2D eigenvalue weighted by atomic mass is 10.2. The summed E-state index contributed by atoms with van der Waals surface area (Å²) >= 11 is 5.30. The molecule has 0 N–H and O–H groups in total. The van der Waals surface area contributed by atoms with Gasteiger partial charge >= 0.3 is 0 Å². The minimum absolute atomic E-state index is 0.896. The number of hydrogen-bond donors (Lipinski definition) is 0. The molecule has 0 aliphatic carbocycles. The molecule has 0 amide bonds. The Morgan fingerprint density at radius 1 is 1.43 bits per heavy atom. The zero-order chi connectivity index (χ0) is 10.1. The number of ether oxygens (including phenoxy) is 1. The quantitative estimate of drug-likeness (QED) is 0.747. The van der Waals surface area contributed by atoms with Crippen LogP contribution in [-0.2, 0) is 5.33 Å². The van der Waals surface area contributed by atoms with Crippen molar-refractivity contribution in [1.82, 2.24) is 0 Å². The van der Waals surface area contributed by atoms with Crippen molar-refractivity contribution in [3.05, 3.63) is 28.6 Å². The predicted molar refractivity (Wildman–Crippen MR) is 65.7 cm³/mol. The summed E-state index contributed by atoms with van der Waals surface area (Å²) in [5, 5.41) is 2.12. The van der Waals surface area contributed by atoms with Crippen LogP contribution in [0, 0.1) is 6.92 Å². The van der Waals surface area contributed by atoms with Gasteiger partial charge in [0, 0.05) is 20.3 Å². The molecule has 14 heavy (non-hydrogen) atoms. The molecule has 2 rings (SSSR count). The molecule has 0 radical (unpaired) electrons. The van der Waals surface area contributed by atoms with Gasteiger partial charge in [0.1, 0.15) is 5.75 Å². The van der Waals surface area contributed by atoms with E-state index in [2.05, 4.69) is 41.1 Å².